The van der Waals surface area contributed by atoms with Crippen molar-refractivity contribution in [3.8, 4) is 5.75 Å². The Morgan fingerprint density at radius 1 is 1.25 bits per heavy atom. The predicted octanol–water partition coefficient (Wildman–Crippen LogP) is 2.44. The van der Waals surface area contributed by atoms with Gasteiger partial charge in [-0.2, -0.15) is 0 Å². The number of aliphatic hydroxyl groups is 1. The van der Waals surface area contributed by atoms with Crippen LogP contribution < -0.4 is 4.74 Å². The second kappa shape index (κ2) is 5.54. The first-order valence-corrected chi connectivity index (χ1v) is 6.44. The molecule has 5 nitrogen and oxygen atoms in total. The molecule has 1 aromatic heterocycles. The van der Waals surface area contributed by atoms with Crippen LogP contribution in [0, 0.1) is 0 Å². The Balaban J connectivity index is 2.65. The van der Waals surface area contributed by atoms with E-state index in [-0.39, 0.29) is 6.04 Å². The van der Waals surface area contributed by atoms with E-state index >= 15 is 0 Å². The van der Waals surface area contributed by atoms with Gasteiger partial charge in [0.05, 0.1) is 25.4 Å². The summed E-state index contributed by atoms with van der Waals surface area (Å²) >= 11 is 0. The van der Waals surface area contributed by atoms with Gasteiger partial charge in [0, 0.05) is 17.5 Å². The molecule has 5 heteroatoms. The fourth-order valence-corrected chi connectivity index (χ4v) is 2.37. The Morgan fingerprint density at radius 2 is 1.95 bits per heavy atom. The summed E-state index contributed by atoms with van der Waals surface area (Å²) in [4.78, 5) is 11.6. The van der Waals surface area contributed by atoms with E-state index in [4.69, 9.17) is 4.74 Å². The van der Waals surface area contributed by atoms with Gasteiger partial charge in [0.15, 0.2) is 6.10 Å². The molecule has 2 aromatic rings. The normalized spacial score (nSPS) is 12.7. The van der Waals surface area contributed by atoms with Crippen molar-refractivity contribution in [1.29, 1.82) is 0 Å². The van der Waals surface area contributed by atoms with Crippen molar-refractivity contribution in [3.63, 3.8) is 0 Å². The van der Waals surface area contributed by atoms with E-state index in [1.165, 1.54) is 7.11 Å². The van der Waals surface area contributed by atoms with E-state index in [0.717, 1.165) is 16.7 Å². The highest BCUT2D eigenvalue weighted by molar-refractivity contribution is 5.85. The first-order valence-electron chi connectivity index (χ1n) is 6.44. The van der Waals surface area contributed by atoms with Gasteiger partial charge in [-0.3, -0.25) is 0 Å². The summed E-state index contributed by atoms with van der Waals surface area (Å²) in [5.41, 5.74) is 1.44. The molecule has 0 aliphatic carbocycles. The number of hydrogen-bond donors (Lipinski definition) is 1. The number of hydrogen-bond acceptors (Lipinski definition) is 4. The van der Waals surface area contributed by atoms with Crippen molar-refractivity contribution in [2.45, 2.75) is 26.0 Å². The fraction of sp³-hybridized carbons (Fsp3) is 0.400. The van der Waals surface area contributed by atoms with Gasteiger partial charge in [0.2, 0.25) is 0 Å². The number of aromatic nitrogens is 1. The zero-order valence-electron chi connectivity index (χ0n) is 12.1. The highest BCUT2D eigenvalue weighted by atomic mass is 16.5. The van der Waals surface area contributed by atoms with Crippen molar-refractivity contribution >= 4 is 16.9 Å². The summed E-state index contributed by atoms with van der Waals surface area (Å²) in [6.07, 6.45) is -1.29. The molecule has 0 aliphatic rings. The molecular formula is C15H19NO4. The lowest BCUT2D eigenvalue weighted by atomic mass is 10.2. The van der Waals surface area contributed by atoms with Crippen LogP contribution in [0.4, 0.5) is 0 Å². The van der Waals surface area contributed by atoms with Crippen LogP contribution in [-0.2, 0) is 9.53 Å². The zero-order valence-corrected chi connectivity index (χ0v) is 12.1. The van der Waals surface area contributed by atoms with Crippen molar-refractivity contribution < 1.29 is 19.4 Å². The number of carbonyl (C=O) groups excluding carboxylic acids is 1. The molecule has 20 heavy (non-hydrogen) atoms. The summed E-state index contributed by atoms with van der Waals surface area (Å²) in [5, 5.41) is 11.1. The third-order valence-electron chi connectivity index (χ3n) is 3.30. The molecular weight excluding hydrogens is 258 g/mol. The third kappa shape index (κ3) is 2.36. The minimum absolute atomic E-state index is 0.0916. The van der Waals surface area contributed by atoms with Crippen LogP contribution in [0.15, 0.2) is 24.3 Å². The molecule has 0 saturated carbocycles. The molecule has 0 fully saturated rings. The number of ether oxygens (including phenoxy) is 2. The first kappa shape index (κ1) is 14.4. The number of aliphatic hydroxyl groups excluding tert-OH is 1. The van der Waals surface area contributed by atoms with Gasteiger partial charge >= 0.3 is 5.97 Å². The number of carbonyl (C=O) groups is 1. The van der Waals surface area contributed by atoms with E-state index in [2.05, 4.69) is 4.74 Å². The highest BCUT2D eigenvalue weighted by Gasteiger charge is 2.24. The summed E-state index contributed by atoms with van der Waals surface area (Å²) < 4.78 is 11.8. The second-order valence-electron chi connectivity index (χ2n) is 4.88. The third-order valence-corrected chi connectivity index (χ3v) is 3.30. The van der Waals surface area contributed by atoms with Gasteiger partial charge in [-0.15, -0.1) is 0 Å². The molecule has 0 bridgehead atoms. The van der Waals surface area contributed by atoms with Gasteiger partial charge in [-0.1, -0.05) is 0 Å². The van der Waals surface area contributed by atoms with Crippen LogP contribution in [-0.4, -0.2) is 29.9 Å². The summed E-state index contributed by atoms with van der Waals surface area (Å²) in [5.74, 6) is 0.0679. The van der Waals surface area contributed by atoms with Crippen LogP contribution in [0.25, 0.3) is 10.9 Å². The van der Waals surface area contributed by atoms with Crippen molar-refractivity contribution in [2.75, 3.05) is 14.2 Å². The van der Waals surface area contributed by atoms with Gasteiger partial charge in [0.1, 0.15) is 5.75 Å². The molecule has 1 N–H and O–H groups in total. The van der Waals surface area contributed by atoms with Crippen molar-refractivity contribution in [2.24, 2.45) is 0 Å². The van der Waals surface area contributed by atoms with E-state index < -0.39 is 12.1 Å². The standard InChI is InChI=1S/C15H19NO4/c1-9(2)16-12-8-11(19-3)6-5-10(12)7-13(16)14(17)15(18)20-4/h5-9,14,17H,1-4H3. The number of methoxy groups -OCH3 is 2. The van der Waals surface area contributed by atoms with Gasteiger partial charge in [-0.05, 0) is 32.0 Å². The monoisotopic (exact) mass is 277 g/mol. The van der Waals surface area contributed by atoms with Gasteiger partial charge in [0.25, 0.3) is 0 Å². The van der Waals surface area contributed by atoms with E-state index in [9.17, 15) is 9.90 Å². The average Bonchev–Trinajstić information content (AvgIpc) is 2.83. The van der Waals surface area contributed by atoms with Gasteiger partial charge < -0.3 is 19.1 Å². The Morgan fingerprint density at radius 3 is 2.50 bits per heavy atom. The fourth-order valence-electron chi connectivity index (χ4n) is 2.37. The highest BCUT2D eigenvalue weighted by Crippen LogP contribution is 2.31. The number of nitrogens with zero attached hydrogens (tertiary/aromatic N) is 1. The quantitative estimate of drug-likeness (QED) is 0.872. The second-order valence-corrected chi connectivity index (χ2v) is 4.88. The predicted molar refractivity (Wildman–Crippen MR) is 75.9 cm³/mol. The van der Waals surface area contributed by atoms with Crippen LogP contribution in [0.5, 0.6) is 5.75 Å². The lowest BCUT2D eigenvalue weighted by Gasteiger charge is -2.17. The molecule has 0 radical (unpaired) electrons. The van der Waals surface area contributed by atoms with Crippen molar-refractivity contribution in [3.05, 3.63) is 30.0 Å². The maximum Gasteiger partial charge on any atom is 0.340 e. The number of rotatable bonds is 4. The molecule has 108 valence electrons. The number of benzene rings is 1. The smallest absolute Gasteiger partial charge is 0.340 e. The maximum absolute atomic E-state index is 11.6. The Hall–Kier alpha value is -2.01. The average molecular weight is 277 g/mol. The maximum atomic E-state index is 11.6. The Labute approximate surface area is 117 Å². The van der Waals surface area contributed by atoms with Crippen molar-refractivity contribution in [1.82, 2.24) is 4.57 Å². The molecule has 0 spiro atoms. The molecule has 1 atom stereocenters. The van der Waals surface area contributed by atoms with Crippen LogP contribution in [0.3, 0.4) is 0 Å². The molecule has 0 saturated heterocycles. The molecule has 1 unspecified atom stereocenters. The summed E-state index contributed by atoms with van der Waals surface area (Å²) in [7, 11) is 2.87. The summed E-state index contributed by atoms with van der Waals surface area (Å²) in [6, 6.07) is 7.54. The lowest BCUT2D eigenvalue weighted by molar-refractivity contribution is -0.151. The number of fused-ring (bicyclic) bond motifs is 1. The molecule has 1 heterocycles. The Bertz CT molecular complexity index is 630. The number of esters is 1. The molecule has 0 amide bonds. The Kier molecular flexibility index (Phi) is 3.99. The van der Waals surface area contributed by atoms with Crippen LogP contribution >= 0.6 is 0 Å². The van der Waals surface area contributed by atoms with Crippen LogP contribution in [0.1, 0.15) is 31.7 Å². The molecule has 1 aromatic carbocycles. The van der Waals surface area contributed by atoms with E-state index in [1.807, 2.05) is 36.6 Å². The minimum atomic E-state index is -1.29. The minimum Gasteiger partial charge on any atom is -0.497 e. The lowest BCUT2D eigenvalue weighted by Crippen LogP contribution is -2.18. The van der Waals surface area contributed by atoms with E-state index in [0.29, 0.717) is 5.69 Å². The van der Waals surface area contributed by atoms with Gasteiger partial charge in [-0.25, -0.2) is 4.79 Å². The largest absolute Gasteiger partial charge is 0.497 e. The topological polar surface area (TPSA) is 60.7 Å². The first-order chi connectivity index (χ1) is 9.49. The SMILES string of the molecule is COC(=O)C(O)c1cc2ccc(OC)cc2n1C(C)C. The molecule has 2 rings (SSSR count). The summed E-state index contributed by atoms with van der Waals surface area (Å²) in [6.45, 7) is 3.98. The molecule has 0 aliphatic heterocycles. The zero-order chi connectivity index (χ0) is 14.9. The van der Waals surface area contributed by atoms with Crippen LogP contribution in [0.2, 0.25) is 0 Å². The van der Waals surface area contributed by atoms with E-state index in [1.54, 1.807) is 13.2 Å².